The van der Waals surface area contributed by atoms with Crippen molar-refractivity contribution in [2.75, 3.05) is 11.4 Å². The highest BCUT2D eigenvalue weighted by molar-refractivity contribution is 6.00. The molecular formula is C38H41F3N4O4. The van der Waals surface area contributed by atoms with Gasteiger partial charge in [-0.15, -0.1) is 0 Å². The van der Waals surface area contributed by atoms with E-state index in [1.807, 2.05) is 75.4 Å². The van der Waals surface area contributed by atoms with Crippen LogP contribution in [-0.4, -0.2) is 35.8 Å². The lowest BCUT2D eigenvalue weighted by Crippen LogP contribution is -2.50. The molecule has 0 spiro atoms. The smallest absolute Gasteiger partial charge is 0.416 e. The van der Waals surface area contributed by atoms with E-state index in [0.717, 1.165) is 40.1 Å². The number of likely N-dealkylation sites (N-methyl/N-ethyl adjacent to an activating group) is 1. The quantitative estimate of drug-likeness (QED) is 0.158. The number of benzene rings is 3. The molecule has 1 atom stereocenters. The van der Waals surface area contributed by atoms with Gasteiger partial charge in [-0.1, -0.05) is 48.5 Å². The Morgan fingerprint density at radius 1 is 0.959 bits per heavy atom. The number of amides is 3. The van der Waals surface area contributed by atoms with Crippen molar-refractivity contribution in [3.8, 4) is 11.1 Å². The van der Waals surface area contributed by atoms with Gasteiger partial charge in [0, 0.05) is 24.2 Å². The summed E-state index contributed by atoms with van der Waals surface area (Å²) < 4.78 is 46.4. The SMILES string of the molecule is CCNC(=O)Cc1ccccc1-c1ccc(CN2C(=O)[C@H](NC(=O)CC(C)(C)NCc3ccco3)CCc3cc(C(F)(F)F)ccc32)cc1. The third kappa shape index (κ3) is 9.17. The van der Waals surface area contributed by atoms with Crippen LogP contribution in [0.15, 0.2) is 89.5 Å². The second kappa shape index (κ2) is 15.1. The Morgan fingerprint density at radius 3 is 2.41 bits per heavy atom. The predicted molar refractivity (Wildman–Crippen MR) is 181 cm³/mol. The molecular weight excluding hydrogens is 633 g/mol. The zero-order chi connectivity index (χ0) is 35.2. The maximum Gasteiger partial charge on any atom is 0.416 e. The van der Waals surface area contributed by atoms with Gasteiger partial charge >= 0.3 is 6.18 Å². The molecule has 0 saturated heterocycles. The molecule has 4 aromatic rings. The number of nitrogens with zero attached hydrogens (tertiary/aromatic N) is 1. The first kappa shape index (κ1) is 35.4. The van der Waals surface area contributed by atoms with Crippen molar-refractivity contribution in [3.63, 3.8) is 0 Å². The van der Waals surface area contributed by atoms with Crippen LogP contribution in [0.4, 0.5) is 18.9 Å². The van der Waals surface area contributed by atoms with Crippen molar-refractivity contribution in [3.05, 3.63) is 113 Å². The van der Waals surface area contributed by atoms with Gasteiger partial charge in [-0.25, -0.2) is 0 Å². The number of halogens is 3. The van der Waals surface area contributed by atoms with Gasteiger partial charge in [0.15, 0.2) is 0 Å². The van der Waals surface area contributed by atoms with Gasteiger partial charge in [-0.2, -0.15) is 13.2 Å². The summed E-state index contributed by atoms with van der Waals surface area (Å²) in [4.78, 5) is 41.1. The first-order valence-corrected chi connectivity index (χ1v) is 16.3. The Labute approximate surface area is 284 Å². The Balaban J connectivity index is 1.36. The fraction of sp³-hybridized carbons (Fsp3) is 0.342. The number of rotatable bonds is 12. The molecule has 1 aromatic heterocycles. The highest BCUT2D eigenvalue weighted by Crippen LogP contribution is 2.36. The molecule has 0 bridgehead atoms. The first-order chi connectivity index (χ1) is 23.3. The number of carbonyl (C=O) groups is 3. The number of anilines is 1. The molecule has 5 rings (SSSR count). The van der Waals surface area contributed by atoms with Crippen LogP contribution in [0.5, 0.6) is 0 Å². The molecule has 1 aliphatic heterocycles. The molecule has 3 aromatic carbocycles. The van der Waals surface area contributed by atoms with E-state index < -0.39 is 29.2 Å². The molecule has 49 heavy (non-hydrogen) atoms. The van der Waals surface area contributed by atoms with Crippen LogP contribution >= 0.6 is 0 Å². The highest BCUT2D eigenvalue weighted by atomic mass is 19.4. The van der Waals surface area contributed by atoms with E-state index in [9.17, 15) is 27.6 Å². The topological polar surface area (TPSA) is 104 Å². The number of hydrogen-bond acceptors (Lipinski definition) is 5. The van der Waals surface area contributed by atoms with E-state index in [4.69, 9.17) is 4.42 Å². The van der Waals surface area contributed by atoms with E-state index in [0.29, 0.717) is 24.3 Å². The summed E-state index contributed by atoms with van der Waals surface area (Å²) >= 11 is 0. The monoisotopic (exact) mass is 674 g/mol. The van der Waals surface area contributed by atoms with E-state index in [1.165, 1.54) is 11.0 Å². The molecule has 1 aliphatic rings. The molecule has 0 unspecified atom stereocenters. The van der Waals surface area contributed by atoms with E-state index >= 15 is 0 Å². The van der Waals surface area contributed by atoms with E-state index in [-0.39, 0.29) is 44.0 Å². The Morgan fingerprint density at radius 2 is 1.71 bits per heavy atom. The van der Waals surface area contributed by atoms with E-state index in [1.54, 1.807) is 12.3 Å². The van der Waals surface area contributed by atoms with Gasteiger partial charge in [-0.05, 0) is 91.8 Å². The fourth-order valence-corrected chi connectivity index (χ4v) is 6.06. The van der Waals surface area contributed by atoms with E-state index in [2.05, 4.69) is 16.0 Å². The molecule has 8 nitrogen and oxygen atoms in total. The maximum atomic E-state index is 14.1. The summed E-state index contributed by atoms with van der Waals surface area (Å²) in [7, 11) is 0. The second-order valence-corrected chi connectivity index (χ2v) is 12.9. The average molecular weight is 675 g/mol. The molecule has 3 amide bonds. The van der Waals surface area contributed by atoms with Crippen LogP contribution in [0.25, 0.3) is 11.1 Å². The third-order valence-corrected chi connectivity index (χ3v) is 8.57. The first-order valence-electron chi connectivity index (χ1n) is 16.3. The van der Waals surface area contributed by atoms with Crippen LogP contribution in [0, 0.1) is 0 Å². The minimum absolute atomic E-state index is 0.0612. The van der Waals surface area contributed by atoms with Crippen LogP contribution in [0.2, 0.25) is 0 Å². The zero-order valence-corrected chi connectivity index (χ0v) is 27.8. The van der Waals surface area contributed by atoms with Crippen LogP contribution in [0.1, 0.15) is 61.6 Å². The Hall–Kier alpha value is -4.90. The van der Waals surface area contributed by atoms with Crippen molar-refractivity contribution < 1.29 is 32.0 Å². The van der Waals surface area contributed by atoms with Crippen molar-refractivity contribution in [2.45, 2.75) is 77.3 Å². The lowest BCUT2D eigenvalue weighted by atomic mass is 9.96. The van der Waals surface area contributed by atoms with Crippen LogP contribution < -0.4 is 20.9 Å². The van der Waals surface area contributed by atoms with Crippen molar-refractivity contribution in [1.82, 2.24) is 16.0 Å². The van der Waals surface area contributed by atoms with Gasteiger partial charge in [0.2, 0.25) is 17.7 Å². The normalized spacial score (nSPS) is 15.0. The standard InChI is InChI=1S/C38H41F3N4O4/c1-4-42-34(46)21-27-8-5-6-10-31(27)26-13-11-25(12-14-26)24-45-33-18-16-29(38(39,40)41)20-28(33)15-17-32(36(45)48)44-35(47)22-37(2,3)43-23-30-9-7-19-49-30/h5-14,16,18-20,32,43H,4,15,17,21-24H2,1-3H3,(H,42,46)(H,44,47)/t32-/m1/s1. The summed E-state index contributed by atoms with van der Waals surface area (Å²) in [6.45, 7) is 6.64. The lowest BCUT2D eigenvalue weighted by Gasteiger charge is -2.29. The van der Waals surface area contributed by atoms with Crippen LogP contribution in [0.3, 0.4) is 0 Å². The number of fused-ring (bicyclic) bond motifs is 1. The second-order valence-electron chi connectivity index (χ2n) is 12.9. The van der Waals surface area contributed by atoms with Crippen molar-refractivity contribution in [1.29, 1.82) is 0 Å². The summed E-state index contributed by atoms with van der Waals surface area (Å²) in [6.07, 6.45) is -2.35. The molecule has 0 saturated carbocycles. The maximum absolute atomic E-state index is 14.1. The third-order valence-electron chi connectivity index (χ3n) is 8.57. The fourth-order valence-electron chi connectivity index (χ4n) is 6.06. The number of hydrogen-bond donors (Lipinski definition) is 3. The molecule has 3 N–H and O–H groups in total. The van der Waals surface area contributed by atoms with Gasteiger partial charge in [0.25, 0.3) is 0 Å². The van der Waals surface area contributed by atoms with Crippen LogP contribution in [-0.2, 0) is 46.5 Å². The highest BCUT2D eigenvalue weighted by Gasteiger charge is 2.36. The minimum atomic E-state index is -4.54. The Bertz CT molecular complexity index is 1770. The van der Waals surface area contributed by atoms with Gasteiger partial charge in [-0.3, -0.25) is 14.4 Å². The average Bonchev–Trinajstić information content (AvgIpc) is 3.55. The molecule has 11 heteroatoms. The molecule has 0 radical (unpaired) electrons. The minimum Gasteiger partial charge on any atom is -0.468 e. The van der Waals surface area contributed by atoms with Gasteiger partial charge in [0.05, 0.1) is 31.3 Å². The molecule has 258 valence electrons. The molecule has 2 heterocycles. The summed E-state index contributed by atoms with van der Waals surface area (Å²) in [5.41, 5.74) is 2.75. The van der Waals surface area contributed by atoms with Gasteiger partial charge < -0.3 is 25.3 Å². The number of nitrogens with one attached hydrogen (secondary N) is 3. The summed E-state index contributed by atoms with van der Waals surface area (Å²) in [5.74, 6) is -0.109. The number of alkyl halides is 3. The lowest BCUT2D eigenvalue weighted by molar-refractivity contribution is -0.137. The molecule has 0 fully saturated rings. The largest absolute Gasteiger partial charge is 0.468 e. The summed E-state index contributed by atoms with van der Waals surface area (Å²) in [6, 6.07) is 21.2. The number of carbonyl (C=O) groups excluding carboxylic acids is 3. The number of furan rings is 1. The van der Waals surface area contributed by atoms with Gasteiger partial charge in [0.1, 0.15) is 11.8 Å². The number of aryl methyl sites for hydroxylation is 1. The summed E-state index contributed by atoms with van der Waals surface area (Å²) in [5, 5.41) is 8.98. The van der Waals surface area contributed by atoms with Crippen molar-refractivity contribution >= 4 is 23.4 Å². The predicted octanol–water partition coefficient (Wildman–Crippen LogP) is 6.57. The zero-order valence-electron chi connectivity index (χ0n) is 27.8. The van der Waals surface area contributed by atoms with Crippen molar-refractivity contribution in [2.24, 2.45) is 0 Å². The molecule has 0 aliphatic carbocycles. The Kier molecular flexibility index (Phi) is 10.9.